The van der Waals surface area contributed by atoms with Gasteiger partial charge in [0, 0.05) is 36.2 Å². The second kappa shape index (κ2) is 9.43. The molecule has 12 heteroatoms. The van der Waals surface area contributed by atoms with E-state index in [1.807, 2.05) is 29.7 Å². The molecule has 0 saturated carbocycles. The van der Waals surface area contributed by atoms with E-state index in [4.69, 9.17) is 4.74 Å². The number of aryl methyl sites for hydroxylation is 1. The van der Waals surface area contributed by atoms with Gasteiger partial charge in [0.1, 0.15) is 29.3 Å². The number of nitrogens with one attached hydrogen (secondary N) is 1. The number of ether oxygens (including phenoxy) is 1. The number of aromatic nitrogens is 5. The lowest BCUT2D eigenvalue weighted by molar-refractivity contribution is -0.144. The topological polar surface area (TPSA) is 86.3 Å². The highest BCUT2D eigenvalue weighted by Gasteiger charge is 2.35. The molecule has 3 aromatic heterocycles. The number of pyridine rings is 1. The molecule has 3 heterocycles. The van der Waals surface area contributed by atoms with Gasteiger partial charge in [-0.1, -0.05) is 0 Å². The summed E-state index contributed by atoms with van der Waals surface area (Å²) in [6.07, 6.45) is 2.27. The second-order valence-electron chi connectivity index (χ2n) is 9.03. The zero-order valence-electron chi connectivity index (χ0n) is 20.5. The summed E-state index contributed by atoms with van der Waals surface area (Å²) >= 11 is 0. The Hall–Kier alpha value is -4.48. The first-order chi connectivity index (χ1) is 18.0. The molecule has 0 unspecified atom stereocenters. The van der Waals surface area contributed by atoms with E-state index < -0.39 is 35.6 Å². The number of carbonyl (C=O) groups is 1. The zero-order valence-corrected chi connectivity index (χ0v) is 20.5. The van der Waals surface area contributed by atoms with Crippen LogP contribution in [0, 0.1) is 18.6 Å². The summed E-state index contributed by atoms with van der Waals surface area (Å²) in [5.74, 6) is -5.90. The van der Waals surface area contributed by atoms with Crippen LogP contribution in [0.5, 0.6) is 5.75 Å². The molecule has 2 atom stereocenters. The van der Waals surface area contributed by atoms with Crippen LogP contribution in [-0.4, -0.2) is 42.3 Å². The van der Waals surface area contributed by atoms with Crippen LogP contribution < -0.4 is 10.1 Å². The number of carbonyl (C=O) groups excluding carboxylic acids is 1. The molecular weight excluding hydrogens is 504 g/mol. The third kappa shape index (κ3) is 4.89. The number of hydrogen-bond donors (Lipinski definition) is 1. The summed E-state index contributed by atoms with van der Waals surface area (Å²) in [5, 5.41) is 15.5. The Labute approximate surface area is 213 Å². The molecule has 0 spiro atoms. The smallest absolute Gasteiger partial charge is 0.321 e. The average Bonchev–Trinajstić information content (AvgIpc) is 3.44. The number of halogens is 4. The molecule has 0 aliphatic rings. The van der Waals surface area contributed by atoms with Crippen LogP contribution in [0.15, 0.2) is 60.9 Å². The fraction of sp³-hybridized carbons (Fsp3) is 0.231. The van der Waals surface area contributed by atoms with Gasteiger partial charge < -0.3 is 10.1 Å². The normalized spacial score (nSPS) is 13.6. The lowest BCUT2D eigenvalue weighted by Crippen LogP contribution is -2.46. The van der Waals surface area contributed by atoms with E-state index in [2.05, 4.69) is 20.6 Å². The van der Waals surface area contributed by atoms with Gasteiger partial charge in [-0.25, -0.2) is 13.5 Å². The van der Waals surface area contributed by atoms with Crippen molar-refractivity contribution < 1.29 is 27.1 Å². The van der Waals surface area contributed by atoms with Crippen LogP contribution in [0.2, 0.25) is 0 Å². The Kier molecular flexibility index (Phi) is 6.25. The van der Waals surface area contributed by atoms with E-state index in [1.54, 1.807) is 29.1 Å². The molecule has 0 bridgehead atoms. The summed E-state index contributed by atoms with van der Waals surface area (Å²) in [6, 6.07) is 10.4. The highest BCUT2D eigenvalue weighted by molar-refractivity contribution is 5.83. The van der Waals surface area contributed by atoms with Gasteiger partial charge in [0.05, 0.1) is 23.4 Å². The van der Waals surface area contributed by atoms with E-state index >= 15 is 0 Å². The number of rotatable bonds is 7. The lowest BCUT2D eigenvalue weighted by atomic mass is 10.0. The third-order valence-corrected chi connectivity index (χ3v) is 6.04. The van der Waals surface area contributed by atoms with Crippen LogP contribution in [0.25, 0.3) is 22.2 Å². The van der Waals surface area contributed by atoms with Crippen LogP contribution in [0.4, 0.5) is 17.6 Å². The van der Waals surface area contributed by atoms with E-state index in [9.17, 15) is 22.4 Å². The first kappa shape index (κ1) is 25.2. The van der Waals surface area contributed by atoms with Crippen molar-refractivity contribution in [3.05, 3.63) is 83.9 Å². The van der Waals surface area contributed by atoms with Crippen molar-refractivity contribution >= 4 is 22.5 Å². The minimum absolute atomic E-state index is 0.0300. The summed E-state index contributed by atoms with van der Waals surface area (Å²) in [5.41, 5.74) is 2.17. The predicted molar refractivity (Wildman–Crippen MR) is 130 cm³/mol. The molecule has 5 rings (SSSR count). The number of alkyl halides is 2. The van der Waals surface area contributed by atoms with Gasteiger partial charge in [-0.3, -0.25) is 9.20 Å². The van der Waals surface area contributed by atoms with E-state index in [0.29, 0.717) is 24.0 Å². The largest absolute Gasteiger partial charge is 0.484 e. The molecule has 0 saturated heterocycles. The quantitative estimate of drug-likeness (QED) is 0.304. The van der Waals surface area contributed by atoms with Crippen molar-refractivity contribution in [1.29, 1.82) is 0 Å². The molecule has 5 aromatic rings. The molecule has 38 heavy (non-hydrogen) atoms. The summed E-state index contributed by atoms with van der Waals surface area (Å²) in [7, 11) is 0. The number of benzene rings is 2. The number of fused-ring (bicyclic) bond motifs is 2. The van der Waals surface area contributed by atoms with Gasteiger partial charge >= 0.3 is 5.92 Å². The molecular formula is C26H22F4N6O2. The number of amides is 1. The molecule has 0 aliphatic heterocycles. The zero-order chi connectivity index (χ0) is 27.2. The van der Waals surface area contributed by atoms with E-state index in [-0.39, 0.29) is 11.3 Å². The second-order valence-corrected chi connectivity index (χ2v) is 9.03. The van der Waals surface area contributed by atoms with Crippen molar-refractivity contribution in [3.8, 4) is 11.4 Å². The summed E-state index contributed by atoms with van der Waals surface area (Å²) in [6.45, 7) is 3.71. The minimum Gasteiger partial charge on any atom is -0.484 e. The lowest BCUT2D eigenvalue weighted by Gasteiger charge is -2.27. The van der Waals surface area contributed by atoms with Gasteiger partial charge in [0.15, 0.2) is 5.65 Å². The first-order valence-corrected chi connectivity index (χ1v) is 11.6. The first-order valence-electron chi connectivity index (χ1n) is 11.6. The molecule has 2 aromatic carbocycles. The minimum atomic E-state index is -3.65. The third-order valence-electron chi connectivity index (χ3n) is 6.04. The maximum Gasteiger partial charge on any atom is 0.321 e. The highest BCUT2D eigenvalue weighted by Crippen LogP contribution is 2.30. The summed E-state index contributed by atoms with van der Waals surface area (Å²) in [4.78, 5) is 11.9. The molecule has 196 valence electrons. The molecule has 1 amide bonds. The Morgan fingerprint density at radius 1 is 1.05 bits per heavy atom. The van der Waals surface area contributed by atoms with Crippen molar-refractivity contribution in [2.45, 2.75) is 38.8 Å². The van der Waals surface area contributed by atoms with Crippen molar-refractivity contribution in [1.82, 2.24) is 29.7 Å². The van der Waals surface area contributed by atoms with E-state index in [1.165, 1.54) is 6.92 Å². The summed E-state index contributed by atoms with van der Waals surface area (Å²) < 4.78 is 64.6. The van der Waals surface area contributed by atoms with Gasteiger partial charge in [-0.05, 0) is 50.2 Å². The predicted octanol–water partition coefficient (Wildman–Crippen LogP) is 4.93. The van der Waals surface area contributed by atoms with E-state index in [0.717, 1.165) is 29.2 Å². The van der Waals surface area contributed by atoms with Gasteiger partial charge in [0.25, 0.3) is 5.91 Å². The Morgan fingerprint density at radius 2 is 1.79 bits per heavy atom. The fourth-order valence-electron chi connectivity index (χ4n) is 4.18. The maximum atomic E-state index is 14.0. The molecule has 0 fully saturated rings. The molecule has 0 aliphatic carbocycles. The molecule has 0 radical (unpaired) electrons. The SMILES string of the molecule is Cc1nnc2cc(-n3ncc4cc(O[C@H](c5cc(F)cc(F)c5)[C@H](C)NC(=O)C(C)(F)F)ccc43)ccn12. The molecule has 1 N–H and O–H groups in total. The van der Waals surface area contributed by atoms with Gasteiger partial charge in [0.2, 0.25) is 0 Å². The Balaban J connectivity index is 1.47. The number of hydrogen-bond acceptors (Lipinski definition) is 5. The van der Waals surface area contributed by atoms with Crippen LogP contribution in [0.3, 0.4) is 0 Å². The Morgan fingerprint density at radius 3 is 2.50 bits per heavy atom. The van der Waals surface area contributed by atoms with Crippen LogP contribution in [-0.2, 0) is 4.79 Å². The Bertz CT molecular complexity index is 1640. The van der Waals surface area contributed by atoms with Crippen molar-refractivity contribution in [3.63, 3.8) is 0 Å². The number of nitrogens with zero attached hydrogens (tertiary/aromatic N) is 5. The average molecular weight is 526 g/mol. The molecule has 8 nitrogen and oxygen atoms in total. The fourth-order valence-corrected chi connectivity index (χ4v) is 4.18. The monoisotopic (exact) mass is 526 g/mol. The maximum absolute atomic E-state index is 14.0. The van der Waals surface area contributed by atoms with Crippen molar-refractivity contribution in [2.24, 2.45) is 0 Å². The highest BCUT2D eigenvalue weighted by atomic mass is 19.3. The standard InChI is InChI=1S/C26H22F4N6O2/c1-14(32-25(37)26(3,29)30)24(16-8-18(27)11-19(28)9-16)38-21-4-5-22-17(10-21)13-31-36(22)20-6-7-35-15(2)33-34-23(35)12-20/h4-14,24H,1-3H3,(H,32,37)/t14-,24-/m0/s1. The van der Waals surface area contributed by atoms with Crippen molar-refractivity contribution in [2.75, 3.05) is 0 Å². The van der Waals surface area contributed by atoms with Gasteiger partial charge in [-0.15, -0.1) is 10.2 Å². The van der Waals surface area contributed by atoms with Gasteiger partial charge in [-0.2, -0.15) is 13.9 Å². The van der Waals surface area contributed by atoms with Crippen LogP contribution in [0.1, 0.15) is 31.3 Å². The van der Waals surface area contributed by atoms with Crippen LogP contribution >= 0.6 is 0 Å².